The standard InChI is InChI=1S/C12H11N2O/c13-12-9-5-3-7-15-11(9)8-4-1-2-6-10(8)14-12/h2,4,6H,3,5,7H2,(H2,13,14). The predicted octanol–water partition coefficient (Wildman–Crippen LogP) is 1.94. The van der Waals surface area contributed by atoms with Gasteiger partial charge in [0.25, 0.3) is 0 Å². The van der Waals surface area contributed by atoms with Crippen LogP contribution in [0.4, 0.5) is 5.82 Å². The van der Waals surface area contributed by atoms with Gasteiger partial charge in [0, 0.05) is 10.9 Å². The number of hydrogen-bond acceptors (Lipinski definition) is 3. The Kier molecular flexibility index (Phi) is 1.78. The highest BCUT2D eigenvalue weighted by atomic mass is 16.5. The van der Waals surface area contributed by atoms with Crippen molar-refractivity contribution >= 4 is 16.7 Å². The Morgan fingerprint density at radius 2 is 2.40 bits per heavy atom. The summed E-state index contributed by atoms with van der Waals surface area (Å²) in [5.74, 6) is 1.50. The van der Waals surface area contributed by atoms with Crippen molar-refractivity contribution in [3.05, 3.63) is 29.8 Å². The molecule has 0 amide bonds. The molecule has 0 atom stereocenters. The summed E-state index contributed by atoms with van der Waals surface area (Å²) in [5, 5.41) is 1.02. The Labute approximate surface area is 87.9 Å². The number of anilines is 1. The molecular weight excluding hydrogens is 188 g/mol. The molecule has 3 heteroatoms. The molecule has 1 aromatic carbocycles. The first-order valence-electron chi connectivity index (χ1n) is 5.07. The van der Waals surface area contributed by atoms with E-state index in [9.17, 15) is 0 Å². The molecule has 1 aromatic heterocycles. The molecule has 2 aromatic rings. The largest absolute Gasteiger partial charge is 0.492 e. The Morgan fingerprint density at radius 3 is 3.33 bits per heavy atom. The molecule has 0 unspecified atom stereocenters. The molecule has 3 rings (SSSR count). The van der Waals surface area contributed by atoms with Crippen LogP contribution in [-0.4, -0.2) is 11.6 Å². The average molecular weight is 199 g/mol. The average Bonchev–Trinajstić information content (AvgIpc) is 2.30. The summed E-state index contributed by atoms with van der Waals surface area (Å²) in [5.41, 5.74) is 7.84. The van der Waals surface area contributed by atoms with E-state index in [2.05, 4.69) is 11.1 Å². The van der Waals surface area contributed by atoms with Crippen LogP contribution in [0.2, 0.25) is 0 Å². The molecule has 3 nitrogen and oxygen atoms in total. The van der Waals surface area contributed by atoms with Crippen LogP contribution in [0.25, 0.3) is 10.9 Å². The minimum atomic E-state index is 0.600. The fourth-order valence-corrected chi connectivity index (χ4v) is 2.01. The first-order chi connectivity index (χ1) is 7.36. The number of nitrogens with two attached hydrogens (primary N) is 1. The zero-order chi connectivity index (χ0) is 10.3. The number of aromatic nitrogens is 1. The molecular formula is C12H11N2O. The third kappa shape index (κ3) is 1.23. The van der Waals surface area contributed by atoms with Crippen LogP contribution < -0.4 is 10.5 Å². The van der Waals surface area contributed by atoms with Crippen LogP contribution >= 0.6 is 0 Å². The third-order valence-corrected chi connectivity index (χ3v) is 2.73. The number of rotatable bonds is 0. The van der Waals surface area contributed by atoms with E-state index >= 15 is 0 Å². The van der Waals surface area contributed by atoms with E-state index in [-0.39, 0.29) is 0 Å². The van der Waals surface area contributed by atoms with Crippen LogP contribution in [0.15, 0.2) is 18.2 Å². The number of benzene rings is 1. The maximum atomic E-state index is 5.91. The molecule has 0 aliphatic carbocycles. The monoisotopic (exact) mass is 199 g/mol. The topological polar surface area (TPSA) is 48.1 Å². The van der Waals surface area contributed by atoms with Gasteiger partial charge in [0.05, 0.1) is 12.1 Å². The number of nitrogens with zero attached hydrogens (tertiary/aromatic N) is 1. The summed E-state index contributed by atoms with van der Waals surface area (Å²) in [6.45, 7) is 0.764. The van der Waals surface area contributed by atoms with Gasteiger partial charge in [-0.3, -0.25) is 0 Å². The van der Waals surface area contributed by atoms with Gasteiger partial charge >= 0.3 is 0 Å². The van der Waals surface area contributed by atoms with Crippen LogP contribution in [0.3, 0.4) is 0 Å². The van der Waals surface area contributed by atoms with Crippen molar-refractivity contribution in [1.29, 1.82) is 0 Å². The van der Waals surface area contributed by atoms with Gasteiger partial charge in [0.15, 0.2) is 0 Å². The Morgan fingerprint density at radius 1 is 1.47 bits per heavy atom. The van der Waals surface area contributed by atoms with Crippen molar-refractivity contribution in [3.8, 4) is 5.75 Å². The van der Waals surface area contributed by atoms with Crippen LogP contribution in [0.5, 0.6) is 5.75 Å². The number of nitrogen functional groups attached to an aromatic ring is 1. The SMILES string of the molecule is Nc1nc2cc[c]cc2c2c1CCCO2. The number of ether oxygens (including phenoxy) is 1. The lowest BCUT2D eigenvalue weighted by Crippen LogP contribution is -2.12. The zero-order valence-electron chi connectivity index (χ0n) is 8.29. The van der Waals surface area contributed by atoms with Crippen molar-refractivity contribution in [3.63, 3.8) is 0 Å². The Bertz CT molecular complexity index is 522. The second kappa shape index (κ2) is 3.12. The van der Waals surface area contributed by atoms with Crippen LogP contribution in [0.1, 0.15) is 12.0 Å². The summed E-state index contributed by atoms with van der Waals surface area (Å²) < 4.78 is 5.68. The van der Waals surface area contributed by atoms with Gasteiger partial charge in [-0.05, 0) is 31.0 Å². The minimum Gasteiger partial charge on any atom is -0.492 e. The van der Waals surface area contributed by atoms with Gasteiger partial charge in [0.2, 0.25) is 0 Å². The van der Waals surface area contributed by atoms with Gasteiger partial charge < -0.3 is 10.5 Å². The summed E-state index contributed by atoms with van der Waals surface area (Å²) in [7, 11) is 0. The molecule has 0 saturated heterocycles. The summed E-state index contributed by atoms with van der Waals surface area (Å²) in [4.78, 5) is 4.37. The van der Waals surface area contributed by atoms with Crippen molar-refractivity contribution < 1.29 is 4.74 Å². The molecule has 0 bridgehead atoms. The molecule has 1 aliphatic rings. The van der Waals surface area contributed by atoms with E-state index in [0.29, 0.717) is 5.82 Å². The fraction of sp³-hybridized carbons (Fsp3) is 0.250. The highest BCUT2D eigenvalue weighted by molar-refractivity contribution is 5.88. The Hall–Kier alpha value is -1.77. The maximum Gasteiger partial charge on any atom is 0.135 e. The molecule has 1 radical (unpaired) electrons. The normalized spacial score (nSPS) is 14.7. The molecule has 1 aliphatic heterocycles. The minimum absolute atomic E-state index is 0.600. The van der Waals surface area contributed by atoms with E-state index in [0.717, 1.165) is 41.7 Å². The van der Waals surface area contributed by atoms with Gasteiger partial charge in [-0.1, -0.05) is 6.07 Å². The molecule has 75 valence electrons. The highest BCUT2D eigenvalue weighted by Crippen LogP contribution is 2.35. The molecule has 2 N–H and O–H groups in total. The second-order valence-corrected chi connectivity index (χ2v) is 3.70. The summed E-state index contributed by atoms with van der Waals surface area (Å²) >= 11 is 0. The van der Waals surface area contributed by atoms with Crippen molar-refractivity contribution in [1.82, 2.24) is 4.98 Å². The van der Waals surface area contributed by atoms with Gasteiger partial charge in [0.1, 0.15) is 11.6 Å². The molecule has 0 spiro atoms. The lowest BCUT2D eigenvalue weighted by atomic mass is 10.0. The smallest absolute Gasteiger partial charge is 0.135 e. The van der Waals surface area contributed by atoms with E-state index in [1.807, 2.05) is 18.2 Å². The Balaban J connectivity index is 2.39. The second-order valence-electron chi connectivity index (χ2n) is 3.70. The third-order valence-electron chi connectivity index (χ3n) is 2.73. The number of pyridine rings is 1. The van der Waals surface area contributed by atoms with Crippen molar-refractivity contribution in [2.45, 2.75) is 12.8 Å². The fourth-order valence-electron chi connectivity index (χ4n) is 2.01. The van der Waals surface area contributed by atoms with E-state index in [1.54, 1.807) is 0 Å². The van der Waals surface area contributed by atoms with E-state index < -0.39 is 0 Å². The van der Waals surface area contributed by atoms with Gasteiger partial charge in [-0.25, -0.2) is 4.98 Å². The van der Waals surface area contributed by atoms with Crippen LogP contribution in [-0.2, 0) is 6.42 Å². The summed E-state index contributed by atoms with van der Waals surface area (Å²) in [6.07, 6.45) is 1.97. The zero-order valence-corrected chi connectivity index (χ0v) is 8.29. The first-order valence-corrected chi connectivity index (χ1v) is 5.07. The van der Waals surface area contributed by atoms with Gasteiger partial charge in [-0.15, -0.1) is 0 Å². The molecule has 15 heavy (non-hydrogen) atoms. The maximum absolute atomic E-state index is 5.91. The van der Waals surface area contributed by atoms with E-state index in [1.165, 1.54) is 0 Å². The molecule has 0 fully saturated rings. The molecule has 2 heterocycles. The number of hydrogen-bond donors (Lipinski definition) is 1. The quantitative estimate of drug-likeness (QED) is 0.705. The van der Waals surface area contributed by atoms with Crippen LogP contribution in [0, 0.1) is 6.07 Å². The van der Waals surface area contributed by atoms with Crippen molar-refractivity contribution in [2.75, 3.05) is 12.3 Å². The highest BCUT2D eigenvalue weighted by Gasteiger charge is 2.17. The predicted molar refractivity (Wildman–Crippen MR) is 58.8 cm³/mol. The molecule has 0 saturated carbocycles. The van der Waals surface area contributed by atoms with E-state index in [4.69, 9.17) is 10.5 Å². The summed E-state index contributed by atoms with van der Waals surface area (Å²) in [6, 6.07) is 8.70. The van der Waals surface area contributed by atoms with Crippen molar-refractivity contribution in [2.24, 2.45) is 0 Å². The first kappa shape index (κ1) is 8.53. The lowest BCUT2D eigenvalue weighted by Gasteiger charge is -2.20. The lowest BCUT2D eigenvalue weighted by molar-refractivity contribution is 0.292. The number of fused-ring (bicyclic) bond motifs is 3. The van der Waals surface area contributed by atoms with Gasteiger partial charge in [-0.2, -0.15) is 0 Å².